The third-order valence-electron chi connectivity index (χ3n) is 3.68. The quantitative estimate of drug-likeness (QED) is 0.843. The molecule has 1 aliphatic carbocycles. The normalized spacial score (nSPS) is 17.7. The van der Waals surface area contributed by atoms with Gasteiger partial charge in [-0.25, -0.2) is 0 Å². The van der Waals surface area contributed by atoms with Crippen LogP contribution in [-0.2, 0) is 0 Å². The molecule has 0 spiro atoms. The van der Waals surface area contributed by atoms with E-state index in [0.29, 0.717) is 18.9 Å². The summed E-state index contributed by atoms with van der Waals surface area (Å²) >= 11 is 0. The highest BCUT2D eigenvalue weighted by molar-refractivity contribution is 5.39. The monoisotopic (exact) mass is 250 g/mol. The van der Waals surface area contributed by atoms with Crippen LogP contribution in [0.2, 0.25) is 0 Å². The lowest BCUT2D eigenvalue weighted by molar-refractivity contribution is 0.0848. The molecule has 0 saturated heterocycles. The largest absolute Gasteiger partial charge is 0.493 e. The molecule has 0 radical (unpaired) electrons. The van der Waals surface area contributed by atoms with Crippen LogP contribution < -0.4 is 9.47 Å². The fraction of sp³-hybridized carbons (Fsp3) is 0.600. The minimum Gasteiger partial charge on any atom is -0.493 e. The van der Waals surface area contributed by atoms with E-state index in [4.69, 9.17) is 9.47 Å². The second-order valence-corrected chi connectivity index (χ2v) is 4.90. The molecule has 18 heavy (non-hydrogen) atoms. The van der Waals surface area contributed by atoms with Crippen molar-refractivity contribution in [2.24, 2.45) is 5.92 Å². The van der Waals surface area contributed by atoms with Gasteiger partial charge < -0.3 is 14.6 Å². The maximum absolute atomic E-state index is 10.0. The van der Waals surface area contributed by atoms with Gasteiger partial charge in [0.1, 0.15) is 0 Å². The Bertz CT molecular complexity index is 359. The van der Waals surface area contributed by atoms with Gasteiger partial charge in [-0.2, -0.15) is 0 Å². The Balaban J connectivity index is 1.77. The molecule has 1 fully saturated rings. The summed E-state index contributed by atoms with van der Waals surface area (Å²) in [4.78, 5) is 0. The molecule has 100 valence electrons. The van der Waals surface area contributed by atoms with E-state index < -0.39 is 0 Å². The van der Waals surface area contributed by atoms with Crippen molar-refractivity contribution in [2.75, 3.05) is 13.7 Å². The van der Waals surface area contributed by atoms with Gasteiger partial charge in [0.2, 0.25) is 0 Å². The Kier molecular flexibility index (Phi) is 4.88. The summed E-state index contributed by atoms with van der Waals surface area (Å²) in [5.74, 6) is 1.97. The molecule has 1 aliphatic rings. The van der Waals surface area contributed by atoms with E-state index in [2.05, 4.69) is 0 Å². The van der Waals surface area contributed by atoms with Crippen molar-refractivity contribution in [2.45, 2.75) is 38.2 Å². The number of methoxy groups -OCH3 is 1. The first kappa shape index (κ1) is 13.2. The minimum atomic E-state index is -0.220. The van der Waals surface area contributed by atoms with E-state index in [1.807, 2.05) is 24.3 Å². The van der Waals surface area contributed by atoms with Crippen LogP contribution in [-0.4, -0.2) is 24.9 Å². The Morgan fingerprint density at radius 1 is 1.22 bits per heavy atom. The molecule has 0 heterocycles. The molecule has 3 heteroatoms. The predicted octanol–water partition coefficient (Wildman–Crippen LogP) is 3.02. The highest BCUT2D eigenvalue weighted by Crippen LogP contribution is 2.30. The van der Waals surface area contributed by atoms with Gasteiger partial charge in [0.25, 0.3) is 0 Å². The predicted molar refractivity (Wildman–Crippen MR) is 71.1 cm³/mol. The van der Waals surface area contributed by atoms with Crippen LogP contribution in [0.4, 0.5) is 0 Å². The molecule has 0 aliphatic heterocycles. The zero-order valence-corrected chi connectivity index (χ0v) is 11.0. The van der Waals surface area contributed by atoms with E-state index in [1.54, 1.807) is 7.11 Å². The molecule has 3 nitrogen and oxygen atoms in total. The van der Waals surface area contributed by atoms with Crippen LogP contribution >= 0.6 is 0 Å². The van der Waals surface area contributed by atoms with E-state index in [1.165, 1.54) is 12.8 Å². The Hall–Kier alpha value is -1.22. The summed E-state index contributed by atoms with van der Waals surface area (Å²) in [5, 5.41) is 10.0. The molecule has 1 aromatic rings. The summed E-state index contributed by atoms with van der Waals surface area (Å²) in [7, 11) is 1.63. The van der Waals surface area contributed by atoms with Crippen molar-refractivity contribution < 1.29 is 14.6 Å². The fourth-order valence-corrected chi connectivity index (χ4v) is 2.61. The van der Waals surface area contributed by atoms with Crippen LogP contribution in [0.15, 0.2) is 24.3 Å². The number of hydrogen-bond donors (Lipinski definition) is 1. The molecule has 1 N–H and O–H groups in total. The molecule has 1 unspecified atom stereocenters. The van der Waals surface area contributed by atoms with E-state index in [9.17, 15) is 5.11 Å². The molecule has 0 aromatic heterocycles. The molecule has 0 amide bonds. The topological polar surface area (TPSA) is 38.7 Å². The van der Waals surface area contributed by atoms with E-state index in [-0.39, 0.29) is 6.10 Å². The van der Waals surface area contributed by atoms with Crippen LogP contribution in [0, 0.1) is 5.92 Å². The van der Waals surface area contributed by atoms with Gasteiger partial charge >= 0.3 is 0 Å². The van der Waals surface area contributed by atoms with Crippen molar-refractivity contribution in [3.8, 4) is 11.5 Å². The highest BCUT2D eigenvalue weighted by atomic mass is 16.5. The van der Waals surface area contributed by atoms with Crippen molar-refractivity contribution >= 4 is 0 Å². The van der Waals surface area contributed by atoms with Crippen LogP contribution in [0.5, 0.6) is 11.5 Å². The first-order valence-electron chi connectivity index (χ1n) is 6.75. The molecule has 2 rings (SSSR count). The lowest BCUT2D eigenvalue weighted by Crippen LogP contribution is -2.20. The molecule has 0 bridgehead atoms. The van der Waals surface area contributed by atoms with E-state index in [0.717, 1.165) is 24.3 Å². The van der Waals surface area contributed by atoms with Crippen LogP contribution in [0.1, 0.15) is 32.1 Å². The molecular formula is C15H22O3. The second kappa shape index (κ2) is 6.64. The average molecular weight is 250 g/mol. The molecule has 1 saturated carbocycles. The van der Waals surface area contributed by atoms with Crippen LogP contribution in [0.25, 0.3) is 0 Å². The number of hydrogen-bond acceptors (Lipinski definition) is 3. The number of rotatable bonds is 6. The third-order valence-corrected chi connectivity index (χ3v) is 3.68. The lowest BCUT2D eigenvalue weighted by Gasteiger charge is -2.18. The SMILES string of the molecule is COc1ccccc1OCCC(O)C1CCCC1. The van der Waals surface area contributed by atoms with Gasteiger partial charge in [-0.15, -0.1) is 0 Å². The second-order valence-electron chi connectivity index (χ2n) is 4.90. The standard InChI is InChI=1S/C15H22O3/c1-17-14-8-4-5-9-15(14)18-11-10-13(16)12-6-2-3-7-12/h4-5,8-9,12-13,16H,2-3,6-7,10-11H2,1H3. The summed E-state index contributed by atoms with van der Waals surface area (Å²) in [6.45, 7) is 0.540. The highest BCUT2D eigenvalue weighted by Gasteiger charge is 2.22. The lowest BCUT2D eigenvalue weighted by atomic mass is 9.99. The zero-order chi connectivity index (χ0) is 12.8. The van der Waals surface area contributed by atoms with Gasteiger partial charge in [0.05, 0.1) is 19.8 Å². The summed E-state index contributed by atoms with van der Waals surface area (Å²) in [6.07, 6.45) is 5.32. The maximum Gasteiger partial charge on any atom is 0.161 e. The van der Waals surface area contributed by atoms with Crippen molar-refractivity contribution in [1.82, 2.24) is 0 Å². The summed E-state index contributed by atoms with van der Waals surface area (Å²) in [5.41, 5.74) is 0. The Labute approximate surface area is 109 Å². The van der Waals surface area contributed by atoms with Gasteiger partial charge in [-0.05, 0) is 30.9 Å². The van der Waals surface area contributed by atoms with Crippen LogP contribution in [0.3, 0.4) is 0 Å². The third kappa shape index (κ3) is 3.39. The van der Waals surface area contributed by atoms with E-state index >= 15 is 0 Å². The van der Waals surface area contributed by atoms with Gasteiger partial charge in [-0.1, -0.05) is 25.0 Å². The summed E-state index contributed by atoms with van der Waals surface area (Å²) < 4.78 is 10.9. The molecule has 1 aromatic carbocycles. The maximum atomic E-state index is 10.0. The zero-order valence-electron chi connectivity index (χ0n) is 11.0. The van der Waals surface area contributed by atoms with Gasteiger partial charge in [0, 0.05) is 6.42 Å². The smallest absolute Gasteiger partial charge is 0.161 e. The minimum absolute atomic E-state index is 0.220. The number of para-hydroxylation sites is 2. The van der Waals surface area contributed by atoms with Crippen molar-refractivity contribution in [3.63, 3.8) is 0 Å². The first-order valence-corrected chi connectivity index (χ1v) is 6.75. The van der Waals surface area contributed by atoms with Crippen molar-refractivity contribution in [1.29, 1.82) is 0 Å². The van der Waals surface area contributed by atoms with Gasteiger partial charge in [0.15, 0.2) is 11.5 Å². The van der Waals surface area contributed by atoms with Gasteiger partial charge in [-0.3, -0.25) is 0 Å². The van der Waals surface area contributed by atoms with Crippen molar-refractivity contribution in [3.05, 3.63) is 24.3 Å². The molecule has 1 atom stereocenters. The first-order chi connectivity index (χ1) is 8.81. The summed E-state index contributed by atoms with van der Waals surface area (Å²) in [6, 6.07) is 7.60. The number of aliphatic hydroxyl groups is 1. The average Bonchev–Trinajstić information content (AvgIpc) is 2.93. The number of ether oxygens (including phenoxy) is 2. The number of aliphatic hydroxyl groups excluding tert-OH is 1. The Morgan fingerprint density at radius 3 is 2.56 bits per heavy atom. The fourth-order valence-electron chi connectivity index (χ4n) is 2.61. The number of benzene rings is 1. The molecular weight excluding hydrogens is 228 g/mol. The Morgan fingerprint density at radius 2 is 1.89 bits per heavy atom.